The maximum absolute atomic E-state index is 11.4. The molecule has 3 rings (SSSR count). The Balaban J connectivity index is 2.32. The summed E-state index contributed by atoms with van der Waals surface area (Å²) in [4.78, 5) is 18.9. The lowest BCUT2D eigenvalue weighted by Gasteiger charge is -2.41. The molecule has 5 nitrogen and oxygen atoms in total. The van der Waals surface area contributed by atoms with E-state index in [9.17, 15) is 9.59 Å². The van der Waals surface area contributed by atoms with E-state index in [1.807, 2.05) is 0 Å². The third-order valence-corrected chi connectivity index (χ3v) is 7.92. The number of hydrogen-bond acceptors (Lipinski definition) is 5. The summed E-state index contributed by atoms with van der Waals surface area (Å²) in [7, 11) is 0. The number of rotatable bonds is 0. The predicted octanol–water partition coefficient (Wildman–Crippen LogP) is 3.87. The number of ether oxygens (including phenoxy) is 3. The molecule has 2 fully saturated rings. The minimum atomic E-state index is -2.38. The fraction of sp³-hybridized carbons (Fsp3) is 0.556. The molecule has 0 aromatic heterocycles. The highest BCUT2D eigenvalue weighted by molar-refractivity contribution is 6.64. The zero-order valence-electron chi connectivity index (χ0n) is 8.96. The van der Waals surface area contributed by atoms with Crippen molar-refractivity contribution in [2.24, 2.45) is 0 Å². The number of hydrogen-bond donors (Lipinski definition) is 0. The van der Waals surface area contributed by atoms with Crippen molar-refractivity contribution >= 4 is 81.9 Å². The molecule has 0 aromatic carbocycles. The average Bonchev–Trinajstić information content (AvgIpc) is 2.46. The van der Waals surface area contributed by atoms with Crippen molar-refractivity contribution in [2.75, 3.05) is 0 Å². The smallest absolute Gasteiger partial charge is 0.403 e. The number of carbonyl (C=O) groups is 2. The van der Waals surface area contributed by atoms with Crippen molar-refractivity contribution < 1.29 is 23.8 Å². The molecule has 20 heavy (non-hydrogen) atoms. The van der Waals surface area contributed by atoms with Gasteiger partial charge in [-0.2, -0.15) is 0 Å². The molecule has 1 aliphatic heterocycles. The van der Waals surface area contributed by atoms with Gasteiger partial charge in [0.2, 0.25) is 0 Å². The molecular weight excluding hydrogens is 401 g/mol. The van der Waals surface area contributed by atoms with E-state index in [1.165, 1.54) is 12.2 Å². The molecule has 2 aliphatic carbocycles. The van der Waals surface area contributed by atoms with Crippen LogP contribution >= 0.6 is 69.6 Å². The number of fused-ring (bicyclic) bond motifs is 5. The molecule has 1 saturated carbocycles. The molecule has 0 N–H and O–H groups in total. The van der Waals surface area contributed by atoms with Crippen LogP contribution in [0.2, 0.25) is 0 Å². The maximum Gasteiger partial charge on any atom is 0.520 e. The number of cyclic esters (lactones) is 2. The monoisotopic (exact) mass is 400 g/mol. The van der Waals surface area contributed by atoms with Crippen molar-refractivity contribution in [1.82, 2.24) is 0 Å². The van der Waals surface area contributed by atoms with Crippen LogP contribution in [0.25, 0.3) is 0 Å². The molecule has 4 atom stereocenters. The quantitative estimate of drug-likeness (QED) is 0.266. The summed E-state index contributed by atoms with van der Waals surface area (Å²) in [6.45, 7) is 0. The summed E-state index contributed by atoms with van der Waals surface area (Å²) >= 11 is 37.4. The summed E-state index contributed by atoms with van der Waals surface area (Å²) in [5.41, 5.74) is 0. The summed E-state index contributed by atoms with van der Waals surface area (Å²) in [6.07, 6.45) is -0.501. The largest absolute Gasteiger partial charge is 0.520 e. The second-order valence-corrected chi connectivity index (χ2v) is 7.91. The summed E-state index contributed by atoms with van der Waals surface area (Å²) in [5, 5.41) is -4.77. The zero-order chi connectivity index (χ0) is 15.2. The van der Waals surface area contributed by atoms with Gasteiger partial charge in [0.25, 0.3) is 10.1 Å². The maximum atomic E-state index is 11.4. The molecule has 11 heteroatoms. The molecule has 1 heterocycles. The van der Waals surface area contributed by atoms with Gasteiger partial charge in [-0.25, -0.2) is 9.59 Å². The van der Waals surface area contributed by atoms with Gasteiger partial charge in [0.05, 0.1) is 0 Å². The van der Waals surface area contributed by atoms with E-state index < -0.39 is 36.5 Å². The van der Waals surface area contributed by atoms with Gasteiger partial charge in [-0.05, 0) is 0 Å². The van der Waals surface area contributed by atoms with Crippen molar-refractivity contribution in [1.29, 1.82) is 0 Å². The van der Waals surface area contributed by atoms with Crippen LogP contribution in [0.4, 0.5) is 9.59 Å². The van der Waals surface area contributed by atoms with E-state index >= 15 is 0 Å². The second-order valence-electron chi connectivity index (χ2n) is 4.33. The van der Waals surface area contributed by atoms with Crippen LogP contribution in [0.15, 0.2) is 12.2 Å². The number of halogens is 6. The fourth-order valence-electron chi connectivity index (χ4n) is 2.41. The Morgan fingerprint density at radius 2 is 1.10 bits per heavy atom. The molecule has 0 radical (unpaired) electrons. The molecule has 0 amide bonds. The van der Waals surface area contributed by atoms with Crippen molar-refractivity contribution in [3.8, 4) is 0 Å². The van der Waals surface area contributed by atoms with E-state index in [2.05, 4.69) is 4.74 Å². The summed E-state index contributed by atoms with van der Waals surface area (Å²) < 4.78 is 11.7. The number of carbonyl (C=O) groups excluding carboxylic acids is 2. The molecular formula is C9H2Cl6O5. The fourth-order valence-corrected chi connectivity index (χ4v) is 5.21. The molecule has 110 valence electrons. The lowest BCUT2D eigenvalue weighted by molar-refractivity contribution is -0.0377. The van der Waals surface area contributed by atoms with E-state index in [0.29, 0.717) is 0 Å². The van der Waals surface area contributed by atoms with Gasteiger partial charge in [0.15, 0.2) is 14.1 Å². The van der Waals surface area contributed by atoms with Crippen LogP contribution in [-0.4, -0.2) is 36.5 Å². The Bertz CT molecular complexity index is 533. The van der Waals surface area contributed by atoms with E-state index in [0.717, 1.165) is 0 Å². The van der Waals surface area contributed by atoms with Crippen LogP contribution in [-0.2, 0) is 14.2 Å². The first-order valence-electron chi connectivity index (χ1n) is 4.93. The third kappa shape index (κ3) is 1.23. The number of alkyl halides is 6. The first kappa shape index (κ1) is 15.1. The Morgan fingerprint density at radius 1 is 0.750 bits per heavy atom. The first-order valence-corrected chi connectivity index (χ1v) is 7.20. The van der Waals surface area contributed by atoms with Crippen LogP contribution < -0.4 is 0 Å². The van der Waals surface area contributed by atoms with Gasteiger partial charge in [0, 0.05) is 0 Å². The highest BCUT2D eigenvalue weighted by Gasteiger charge is 2.94. The second kappa shape index (κ2) is 3.76. The minimum Gasteiger partial charge on any atom is -0.403 e. The van der Waals surface area contributed by atoms with Gasteiger partial charge in [0.1, 0.15) is 0 Å². The van der Waals surface area contributed by atoms with Crippen LogP contribution in [0.5, 0.6) is 0 Å². The van der Waals surface area contributed by atoms with Gasteiger partial charge < -0.3 is 14.2 Å². The average molecular weight is 403 g/mol. The van der Waals surface area contributed by atoms with Gasteiger partial charge in [-0.1, -0.05) is 58.6 Å². The topological polar surface area (TPSA) is 61.8 Å². The molecule has 4 unspecified atom stereocenters. The van der Waals surface area contributed by atoms with Crippen LogP contribution in [0.1, 0.15) is 0 Å². The Labute approximate surface area is 141 Å². The Morgan fingerprint density at radius 3 is 1.45 bits per heavy atom. The van der Waals surface area contributed by atoms with Crippen molar-refractivity contribution in [3.05, 3.63) is 12.2 Å². The lowest BCUT2D eigenvalue weighted by atomic mass is 9.98. The Hall–Kier alpha value is 0.220. The van der Waals surface area contributed by atoms with Crippen molar-refractivity contribution in [2.45, 2.75) is 24.2 Å². The highest BCUT2D eigenvalue weighted by atomic mass is 35.5. The van der Waals surface area contributed by atoms with E-state index in [-0.39, 0.29) is 0 Å². The predicted molar refractivity (Wildman–Crippen MR) is 72.0 cm³/mol. The van der Waals surface area contributed by atoms with E-state index in [4.69, 9.17) is 79.1 Å². The van der Waals surface area contributed by atoms with Gasteiger partial charge in [-0.3, -0.25) is 0 Å². The zero-order valence-corrected chi connectivity index (χ0v) is 13.5. The minimum absolute atomic E-state index is 1.22. The van der Waals surface area contributed by atoms with Crippen LogP contribution in [0, 0.1) is 0 Å². The normalized spacial score (nSPS) is 51.9. The van der Waals surface area contributed by atoms with Gasteiger partial charge >= 0.3 is 12.3 Å². The Kier molecular flexibility index (Phi) is 2.84. The molecule has 1 saturated heterocycles. The summed E-state index contributed by atoms with van der Waals surface area (Å²) in [5.74, 6) is 0. The third-order valence-electron chi connectivity index (χ3n) is 3.42. The van der Waals surface area contributed by atoms with Gasteiger partial charge in [-0.15, -0.1) is 23.2 Å². The standard InChI is InChI=1S/C9H2Cl6O5/c10-5-1-2-6(11,7(5,12)13)9(15)8(5,14)19-3(16)18-4(17)20-9/h1-2H. The first-order chi connectivity index (χ1) is 8.95. The SMILES string of the molecule is O=C1OC(=O)OC2(Cl)C3(Cl)C=CC(Cl)(C3(Cl)Cl)C2(Cl)O1. The molecule has 0 spiro atoms. The lowest BCUT2D eigenvalue weighted by Crippen LogP contribution is -2.61. The van der Waals surface area contributed by atoms with Crippen molar-refractivity contribution in [3.63, 3.8) is 0 Å². The molecule has 2 bridgehead atoms. The van der Waals surface area contributed by atoms with E-state index in [1.54, 1.807) is 0 Å². The molecule has 3 aliphatic rings. The highest BCUT2D eigenvalue weighted by Crippen LogP contribution is 2.77. The molecule has 0 aromatic rings. The summed E-state index contributed by atoms with van der Waals surface area (Å²) in [6, 6.07) is 0. The van der Waals surface area contributed by atoms with Crippen LogP contribution in [0.3, 0.4) is 0 Å².